The molecule has 0 saturated carbocycles. The molecule has 0 spiro atoms. The van der Waals surface area contributed by atoms with Crippen LogP contribution in [0.3, 0.4) is 0 Å². The van der Waals surface area contributed by atoms with Crippen molar-refractivity contribution in [2.24, 2.45) is 0 Å². The molecule has 2 aliphatic rings. The second-order valence-electron chi connectivity index (χ2n) is 6.28. The highest BCUT2D eigenvalue weighted by atomic mass is 16.5. The van der Waals surface area contributed by atoms with Gasteiger partial charge in [0.2, 0.25) is 11.8 Å². The van der Waals surface area contributed by atoms with Crippen LogP contribution >= 0.6 is 0 Å². The fourth-order valence-electron chi connectivity index (χ4n) is 3.26. The summed E-state index contributed by atoms with van der Waals surface area (Å²) in [7, 11) is 0. The van der Waals surface area contributed by atoms with Gasteiger partial charge in [-0.1, -0.05) is 30.3 Å². The number of carbonyl (C=O) groups is 2. The molecule has 1 aromatic carbocycles. The monoisotopic (exact) mass is 316 g/mol. The topological polar surface area (TPSA) is 58.6 Å². The van der Waals surface area contributed by atoms with Gasteiger partial charge in [0.1, 0.15) is 12.1 Å². The molecule has 2 amide bonds. The van der Waals surface area contributed by atoms with Crippen LogP contribution in [-0.4, -0.2) is 48.6 Å². The second-order valence-corrected chi connectivity index (χ2v) is 6.28. The highest BCUT2D eigenvalue weighted by Gasteiger charge is 2.31. The van der Waals surface area contributed by atoms with Gasteiger partial charge < -0.3 is 15.0 Å². The Morgan fingerprint density at radius 2 is 1.91 bits per heavy atom. The second kappa shape index (κ2) is 7.59. The van der Waals surface area contributed by atoms with Gasteiger partial charge in [0, 0.05) is 26.1 Å². The van der Waals surface area contributed by atoms with Gasteiger partial charge in [-0.3, -0.25) is 9.59 Å². The van der Waals surface area contributed by atoms with Crippen LogP contribution in [0.5, 0.6) is 0 Å². The van der Waals surface area contributed by atoms with Gasteiger partial charge in [-0.25, -0.2) is 0 Å². The van der Waals surface area contributed by atoms with Crippen molar-refractivity contribution in [3.8, 4) is 0 Å². The molecule has 0 aliphatic carbocycles. The van der Waals surface area contributed by atoms with Crippen LogP contribution in [0.4, 0.5) is 0 Å². The number of carbonyl (C=O) groups excluding carboxylic acids is 2. The van der Waals surface area contributed by atoms with Crippen LogP contribution in [-0.2, 0) is 20.7 Å². The molecule has 3 rings (SSSR count). The van der Waals surface area contributed by atoms with E-state index in [1.165, 1.54) is 0 Å². The zero-order valence-electron chi connectivity index (χ0n) is 13.4. The lowest BCUT2D eigenvalue weighted by atomic mass is 10.0. The third-order valence-corrected chi connectivity index (χ3v) is 4.54. The first kappa shape index (κ1) is 16.0. The molecule has 1 N–H and O–H groups in total. The Morgan fingerprint density at radius 1 is 1.17 bits per heavy atom. The Bertz CT molecular complexity index is 534. The molecule has 23 heavy (non-hydrogen) atoms. The molecule has 0 bridgehead atoms. The number of ether oxygens (including phenoxy) is 1. The average Bonchev–Trinajstić information content (AvgIpc) is 3.27. The zero-order valence-corrected chi connectivity index (χ0v) is 13.4. The summed E-state index contributed by atoms with van der Waals surface area (Å²) in [6, 6.07) is 9.33. The van der Waals surface area contributed by atoms with Gasteiger partial charge in [-0.2, -0.15) is 0 Å². The molecule has 2 atom stereocenters. The molecule has 2 heterocycles. The quantitative estimate of drug-likeness (QED) is 0.896. The summed E-state index contributed by atoms with van der Waals surface area (Å²) in [4.78, 5) is 27.0. The first-order valence-corrected chi connectivity index (χ1v) is 8.49. The summed E-state index contributed by atoms with van der Waals surface area (Å²) in [5, 5.41) is 2.93. The molecular weight excluding hydrogens is 292 g/mol. The van der Waals surface area contributed by atoms with E-state index in [0.717, 1.165) is 44.3 Å². The van der Waals surface area contributed by atoms with E-state index in [0.29, 0.717) is 13.0 Å². The first-order valence-electron chi connectivity index (χ1n) is 8.49. The predicted molar refractivity (Wildman–Crippen MR) is 86.9 cm³/mol. The number of hydrogen-bond donors (Lipinski definition) is 1. The highest BCUT2D eigenvalue weighted by Crippen LogP contribution is 2.15. The maximum atomic E-state index is 12.8. The van der Waals surface area contributed by atoms with Gasteiger partial charge in [-0.05, 0) is 31.2 Å². The first-order chi connectivity index (χ1) is 11.2. The minimum atomic E-state index is -0.507. The van der Waals surface area contributed by atoms with E-state index in [4.69, 9.17) is 4.74 Å². The van der Waals surface area contributed by atoms with Gasteiger partial charge in [0.05, 0.1) is 0 Å². The van der Waals surface area contributed by atoms with Crippen molar-refractivity contribution in [3.63, 3.8) is 0 Å². The summed E-state index contributed by atoms with van der Waals surface area (Å²) in [5.74, 6) is -0.131. The lowest BCUT2D eigenvalue weighted by Gasteiger charge is -2.25. The molecule has 1 aromatic rings. The van der Waals surface area contributed by atoms with Crippen molar-refractivity contribution < 1.29 is 14.3 Å². The van der Waals surface area contributed by atoms with Crippen molar-refractivity contribution in [2.75, 3.05) is 19.7 Å². The molecular formula is C18H24N2O3. The molecule has 5 heteroatoms. The number of rotatable bonds is 5. The normalized spacial score (nSPS) is 22.1. The lowest BCUT2D eigenvalue weighted by molar-refractivity contribution is -0.138. The van der Waals surface area contributed by atoms with Gasteiger partial charge in [0.15, 0.2) is 0 Å². The third-order valence-electron chi connectivity index (χ3n) is 4.54. The third kappa shape index (κ3) is 4.10. The number of benzene rings is 1. The van der Waals surface area contributed by atoms with Crippen molar-refractivity contribution in [1.82, 2.24) is 10.2 Å². The van der Waals surface area contributed by atoms with Gasteiger partial charge >= 0.3 is 0 Å². The van der Waals surface area contributed by atoms with E-state index in [2.05, 4.69) is 5.32 Å². The number of likely N-dealkylation sites (tertiary alicyclic amines) is 1. The summed E-state index contributed by atoms with van der Waals surface area (Å²) in [6.07, 6.45) is 3.85. The number of nitrogens with zero attached hydrogens (tertiary/aromatic N) is 1. The fourth-order valence-corrected chi connectivity index (χ4v) is 3.26. The number of amides is 2. The van der Waals surface area contributed by atoms with Crippen molar-refractivity contribution in [1.29, 1.82) is 0 Å². The minimum absolute atomic E-state index is 0.0256. The average molecular weight is 316 g/mol. The minimum Gasteiger partial charge on any atom is -0.368 e. The summed E-state index contributed by atoms with van der Waals surface area (Å²) < 4.78 is 5.43. The largest absolute Gasteiger partial charge is 0.368 e. The van der Waals surface area contributed by atoms with Crippen molar-refractivity contribution in [2.45, 2.75) is 44.2 Å². The molecule has 5 nitrogen and oxygen atoms in total. The molecule has 0 radical (unpaired) electrons. The molecule has 2 aliphatic heterocycles. The lowest BCUT2D eigenvalue weighted by Crippen LogP contribution is -2.51. The Morgan fingerprint density at radius 3 is 2.57 bits per heavy atom. The van der Waals surface area contributed by atoms with E-state index in [-0.39, 0.29) is 11.8 Å². The Kier molecular flexibility index (Phi) is 5.28. The van der Waals surface area contributed by atoms with E-state index < -0.39 is 12.1 Å². The van der Waals surface area contributed by atoms with Crippen molar-refractivity contribution >= 4 is 11.8 Å². The standard InChI is InChI=1S/C18H24N2O3/c21-17(16-9-6-12-23-16)19-15(13-14-7-2-1-3-8-14)18(22)20-10-4-5-11-20/h1-3,7-8,15-16H,4-6,9-13H2,(H,19,21)/t15-,16?/m1/s1. The van der Waals surface area contributed by atoms with E-state index in [9.17, 15) is 9.59 Å². The van der Waals surface area contributed by atoms with E-state index in [1.807, 2.05) is 35.2 Å². The highest BCUT2D eigenvalue weighted by molar-refractivity contribution is 5.89. The number of nitrogens with one attached hydrogen (secondary N) is 1. The molecule has 124 valence electrons. The van der Waals surface area contributed by atoms with Crippen molar-refractivity contribution in [3.05, 3.63) is 35.9 Å². The Hall–Kier alpha value is -1.88. The summed E-state index contributed by atoms with van der Waals surface area (Å²) >= 11 is 0. The van der Waals surface area contributed by atoms with E-state index >= 15 is 0 Å². The molecule has 2 saturated heterocycles. The Labute approximate surface area is 137 Å². The van der Waals surface area contributed by atoms with Crippen LogP contribution in [0.2, 0.25) is 0 Å². The molecule has 0 aromatic heterocycles. The van der Waals surface area contributed by atoms with Gasteiger partial charge in [0.25, 0.3) is 0 Å². The molecule has 1 unspecified atom stereocenters. The smallest absolute Gasteiger partial charge is 0.249 e. The van der Waals surface area contributed by atoms with Crippen LogP contribution in [0.15, 0.2) is 30.3 Å². The van der Waals surface area contributed by atoms with Gasteiger partial charge in [-0.15, -0.1) is 0 Å². The maximum Gasteiger partial charge on any atom is 0.249 e. The predicted octanol–water partition coefficient (Wildman–Crippen LogP) is 1.52. The van der Waals surface area contributed by atoms with Crippen LogP contribution in [0.25, 0.3) is 0 Å². The maximum absolute atomic E-state index is 12.8. The fraction of sp³-hybridized carbons (Fsp3) is 0.556. The van der Waals surface area contributed by atoms with Crippen LogP contribution < -0.4 is 5.32 Å². The van der Waals surface area contributed by atoms with E-state index in [1.54, 1.807) is 0 Å². The summed E-state index contributed by atoms with van der Waals surface area (Å²) in [5.41, 5.74) is 1.05. The van der Waals surface area contributed by atoms with Crippen LogP contribution in [0, 0.1) is 0 Å². The Balaban J connectivity index is 1.69. The molecule has 2 fully saturated rings. The van der Waals surface area contributed by atoms with Crippen LogP contribution in [0.1, 0.15) is 31.2 Å². The zero-order chi connectivity index (χ0) is 16.1. The number of hydrogen-bond acceptors (Lipinski definition) is 3. The SMILES string of the molecule is O=C(N[C@H](Cc1ccccc1)C(=O)N1CCCC1)C1CCCO1. The summed E-state index contributed by atoms with van der Waals surface area (Å²) in [6.45, 7) is 2.21.